The lowest BCUT2D eigenvalue weighted by Gasteiger charge is -2.18. The molecule has 1 aliphatic heterocycles. The summed E-state index contributed by atoms with van der Waals surface area (Å²) in [6.07, 6.45) is 1.01. The van der Waals surface area contributed by atoms with E-state index >= 15 is 0 Å². The summed E-state index contributed by atoms with van der Waals surface area (Å²) < 4.78 is 6.12. The zero-order valence-corrected chi connectivity index (χ0v) is 13.6. The molecule has 1 heterocycles. The Morgan fingerprint density at radius 1 is 0.667 bits per heavy atom. The molecule has 0 aromatic heterocycles. The first-order chi connectivity index (χ1) is 11.9. The van der Waals surface area contributed by atoms with Gasteiger partial charge in [-0.2, -0.15) is 0 Å². The molecule has 0 aliphatic carbocycles. The lowest BCUT2D eigenvalue weighted by Crippen LogP contribution is -2.02. The minimum absolute atomic E-state index is 0.0432. The summed E-state index contributed by atoms with van der Waals surface area (Å²) in [4.78, 5) is 0. The highest BCUT2D eigenvalue weighted by Crippen LogP contribution is 2.41. The fraction of sp³-hybridized carbons (Fsp3) is 0.130. The topological polar surface area (TPSA) is 9.23 Å². The van der Waals surface area contributed by atoms with Gasteiger partial charge < -0.3 is 4.74 Å². The van der Waals surface area contributed by atoms with Crippen LogP contribution < -0.4 is 0 Å². The number of hydrogen-bond donors (Lipinski definition) is 0. The van der Waals surface area contributed by atoms with E-state index in [0.29, 0.717) is 0 Å². The predicted octanol–water partition coefficient (Wildman–Crippen LogP) is 5.65. The van der Waals surface area contributed by atoms with E-state index in [2.05, 4.69) is 91.0 Å². The largest absolute Gasteiger partial charge is 0.369 e. The highest BCUT2D eigenvalue weighted by molar-refractivity contribution is 5.83. The molecule has 0 bridgehead atoms. The van der Waals surface area contributed by atoms with Crippen LogP contribution in [-0.2, 0) is 4.74 Å². The molecule has 3 aromatic carbocycles. The van der Waals surface area contributed by atoms with Gasteiger partial charge in [0, 0.05) is 0 Å². The summed E-state index contributed by atoms with van der Waals surface area (Å²) in [5, 5.41) is 0. The molecule has 0 spiro atoms. The molecule has 1 atom stereocenters. The van der Waals surface area contributed by atoms with Crippen molar-refractivity contribution in [2.45, 2.75) is 12.5 Å². The molecule has 1 nitrogen and oxygen atoms in total. The van der Waals surface area contributed by atoms with Gasteiger partial charge in [0.2, 0.25) is 0 Å². The Morgan fingerprint density at radius 3 is 1.71 bits per heavy atom. The van der Waals surface area contributed by atoms with Gasteiger partial charge in [0.1, 0.15) is 6.10 Å². The van der Waals surface area contributed by atoms with Crippen LogP contribution in [0, 0.1) is 0 Å². The maximum atomic E-state index is 6.12. The normalized spacial score (nSPS) is 17.0. The molecular weight excluding hydrogens is 292 g/mol. The van der Waals surface area contributed by atoms with Gasteiger partial charge in [-0.05, 0) is 34.3 Å². The van der Waals surface area contributed by atoms with Gasteiger partial charge in [0.15, 0.2) is 0 Å². The second-order valence-corrected chi connectivity index (χ2v) is 6.04. The van der Waals surface area contributed by atoms with Crippen LogP contribution in [0.15, 0.2) is 96.6 Å². The Balaban J connectivity index is 1.90. The Hall–Kier alpha value is -2.64. The van der Waals surface area contributed by atoms with Crippen molar-refractivity contribution in [1.29, 1.82) is 0 Å². The van der Waals surface area contributed by atoms with Crippen LogP contribution in [0.5, 0.6) is 0 Å². The summed E-state index contributed by atoms with van der Waals surface area (Å²) in [7, 11) is 0. The van der Waals surface area contributed by atoms with Gasteiger partial charge in [-0.25, -0.2) is 0 Å². The van der Waals surface area contributed by atoms with Crippen LogP contribution in [0.3, 0.4) is 0 Å². The van der Waals surface area contributed by atoms with Gasteiger partial charge in [0.25, 0.3) is 0 Å². The highest BCUT2D eigenvalue weighted by Gasteiger charge is 2.27. The first kappa shape index (κ1) is 14.9. The molecule has 1 fully saturated rings. The Kier molecular flexibility index (Phi) is 4.26. The molecule has 0 amide bonds. The molecule has 0 N–H and O–H groups in total. The van der Waals surface area contributed by atoms with Crippen molar-refractivity contribution in [3.63, 3.8) is 0 Å². The van der Waals surface area contributed by atoms with Crippen molar-refractivity contribution < 1.29 is 4.74 Å². The smallest absolute Gasteiger partial charge is 0.105 e. The lowest BCUT2D eigenvalue weighted by atomic mass is 9.88. The van der Waals surface area contributed by atoms with E-state index in [-0.39, 0.29) is 6.10 Å². The summed E-state index contributed by atoms with van der Waals surface area (Å²) in [5.74, 6) is 0. The minimum atomic E-state index is 0.0432. The van der Waals surface area contributed by atoms with Crippen LogP contribution in [0.1, 0.15) is 29.2 Å². The van der Waals surface area contributed by atoms with E-state index in [4.69, 9.17) is 4.74 Å². The van der Waals surface area contributed by atoms with Crippen LogP contribution in [-0.4, -0.2) is 6.61 Å². The number of ether oxygens (including phenoxy) is 1. The molecule has 24 heavy (non-hydrogen) atoms. The summed E-state index contributed by atoms with van der Waals surface area (Å²) in [6, 6.07) is 31.8. The van der Waals surface area contributed by atoms with E-state index in [1.165, 1.54) is 27.8 Å². The van der Waals surface area contributed by atoms with E-state index < -0.39 is 0 Å². The number of hydrogen-bond acceptors (Lipinski definition) is 1. The molecule has 4 rings (SSSR count). The fourth-order valence-corrected chi connectivity index (χ4v) is 3.45. The summed E-state index contributed by atoms with van der Waals surface area (Å²) in [5.41, 5.74) is 6.42. The highest BCUT2D eigenvalue weighted by atomic mass is 16.5. The third kappa shape index (κ3) is 2.91. The first-order valence-electron chi connectivity index (χ1n) is 8.44. The Morgan fingerprint density at radius 2 is 1.17 bits per heavy atom. The maximum Gasteiger partial charge on any atom is 0.105 e. The number of benzene rings is 3. The SMILES string of the molecule is c1ccc(C(=C2CCOC2c2ccccc2)c2ccccc2)cc1. The van der Waals surface area contributed by atoms with Gasteiger partial charge in [-0.3, -0.25) is 0 Å². The standard InChI is InChI=1S/C23H20O/c1-4-10-18(11-5-1)22(19-12-6-2-7-13-19)21-16-17-24-23(21)20-14-8-3-9-15-20/h1-15,23H,16-17H2. The van der Waals surface area contributed by atoms with Crippen molar-refractivity contribution in [2.24, 2.45) is 0 Å². The molecule has 0 saturated carbocycles. The molecule has 3 aromatic rings. The van der Waals surface area contributed by atoms with Crippen LogP contribution in [0.25, 0.3) is 5.57 Å². The fourth-order valence-electron chi connectivity index (χ4n) is 3.45. The van der Waals surface area contributed by atoms with E-state index in [0.717, 1.165) is 13.0 Å². The maximum absolute atomic E-state index is 6.12. The summed E-state index contributed by atoms with van der Waals surface area (Å²) in [6.45, 7) is 0.776. The average Bonchev–Trinajstić information content (AvgIpc) is 3.14. The third-order valence-corrected chi connectivity index (χ3v) is 4.52. The first-order valence-corrected chi connectivity index (χ1v) is 8.44. The lowest BCUT2D eigenvalue weighted by molar-refractivity contribution is 0.125. The predicted molar refractivity (Wildman–Crippen MR) is 98.7 cm³/mol. The number of rotatable bonds is 3. The molecule has 1 heteroatoms. The van der Waals surface area contributed by atoms with E-state index in [1.54, 1.807) is 0 Å². The van der Waals surface area contributed by atoms with Crippen LogP contribution >= 0.6 is 0 Å². The molecule has 1 aliphatic rings. The van der Waals surface area contributed by atoms with Crippen LogP contribution in [0.4, 0.5) is 0 Å². The second-order valence-electron chi connectivity index (χ2n) is 6.04. The monoisotopic (exact) mass is 312 g/mol. The molecular formula is C23H20O. The molecule has 1 unspecified atom stereocenters. The quantitative estimate of drug-likeness (QED) is 0.607. The van der Waals surface area contributed by atoms with E-state index in [9.17, 15) is 0 Å². The van der Waals surface area contributed by atoms with Crippen molar-refractivity contribution in [1.82, 2.24) is 0 Å². The Bertz CT molecular complexity index is 778. The average molecular weight is 312 g/mol. The van der Waals surface area contributed by atoms with Crippen molar-refractivity contribution in [3.05, 3.63) is 113 Å². The van der Waals surface area contributed by atoms with Crippen molar-refractivity contribution >= 4 is 5.57 Å². The van der Waals surface area contributed by atoms with Crippen molar-refractivity contribution in [3.8, 4) is 0 Å². The van der Waals surface area contributed by atoms with Gasteiger partial charge in [-0.1, -0.05) is 91.0 Å². The van der Waals surface area contributed by atoms with Crippen molar-refractivity contribution in [2.75, 3.05) is 6.61 Å². The molecule has 118 valence electrons. The second kappa shape index (κ2) is 6.86. The van der Waals surface area contributed by atoms with Gasteiger partial charge in [0.05, 0.1) is 6.61 Å². The van der Waals surface area contributed by atoms with E-state index in [1.807, 2.05) is 0 Å². The molecule has 1 saturated heterocycles. The van der Waals surface area contributed by atoms with Gasteiger partial charge >= 0.3 is 0 Å². The van der Waals surface area contributed by atoms with Crippen LogP contribution in [0.2, 0.25) is 0 Å². The van der Waals surface area contributed by atoms with Gasteiger partial charge in [-0.15, -0.1) is 0 Å². The third-order valence-electron chi connectivity index (χ3n) is 4.52. The summed E-state index contributed by atoms with van der Waals surface area (Å²) >= 11 is 0. The minimum Gasteiger partial charge on any atom is -0.369 e. The molecule has 0 radical (unpaired) electrons. The Labute approximate surface area is 143 Å². The zero-order chi connectivity index (χ0) is 16.2. The zero-order valence-electron chi connectivity index (χ0n) is 13.6.